The molecule has 1 amide bonds. The maximum absolute atomic E-state index is 12.0. The van der Waals surface area contributed by atoms with Crippen molar-refractivity contribution in [2.75, 3.05) is 25.0 Å². The van der Waals surface area contributed by atoms with E-state index < -0.39 is 6.10 Å². The van der Waals surface area contributed by atoms with E-state index in [0.717, 1.165) is 42.8 Å². The SMILES string of the molecule is CC(O)C(=O)N1C[C@H]2CC(N(C)c3ncnc4[nH]ccc34)C[C@H]2C1. The topological polar surface area (TPSA) is 85.3 Å². The van der Waals surface area contributed by atoms with Gasteiger partial charge in [-0.1, -0.05) is 0 Å². The lowest BCUT2D eigenvalue weighted by Crippen LogP contribution is -2.38. The number of likely N-dealkylation sites (tertiary alicyclic amines) is 1. The van der Waals surface area contributed by atoms with E-state index in [1.54, 1.807) is 13.3 Å². The molecule has 1 saturated carbocycles. The van der Waals surface area contributed by atoms with Crippen molar-refractivity contribution in [1.82, 2.24) is 19.9 Å². The van der Waals surface area contributed by atoms with Crippen LogP contribution in [-0.2, 0) is 4.79 Å². The van der Waals surface area contributed by atoms with Crippen LogP contribution >= 0.6 is 0 Å². The van der Waals surface area contributed by atoms with Gasteiger partial charge in [-0.05, 0) is 37.7 Å². The Morgan fingerprint density at radius 2 is 2.08 bits per heavy atom. The van der Waals surface area contributed by atoms with E-state index in [-0.39, 0.29) is 5.91 Å². The normalized spacial score (nSPS) is 27.5. The van der Waals surface area contributed by atoms with Crippen molar-refractivity contribution >= 4 is 22.8 Å². The Morgan fingerprint density at radius 1 is 1.38 bits per heavy atom. The number of H-pyrrole nitrogens is 1. The van der Waals surface area contributed by atoms with Crippen LogP contribution in [0.5, 0.6) is 0 Å². The van der Waals surface area contributed by atoms with Crippen LogP contribution in [0.15, 0.2) is 18.6 Å². The monoisotopic (exact) mass is 329 g/mol. The number of nitrogens with one attached hydrogen (secondary N) is 1. The fraction of sp³-hybridized carbons (Fsp3) is 0.588. The van der Waals surface area contributed by atoms with Crippen LogP contribution in [0.3, 0.4) is 0 Å². The summed E-state index contributed by atoms with van der Waals surface area (Å²) in [5.41, 5.74) is 0.860. The number of aliphatic hydroxyl groups is 1. The molecular weight excluding hydrogens is 306 g/mol. The number of aromatic nitrogens is 3. The van der Waals surface area contributed by atoms with E-state index in [0.29, 0.717) is 17.9 Å². The quantitative estimate of drug-likeness (QED) is 0.878. The molecule has 7 heteroatoms. The van der Waals surface area contributed by atoms with Gasteiger partial charge in [0.1, 0.15) is 23.9 Å². The summed E-state index contributed by atoms with van der Waals surface area (Å²) < 4.78 is 0. The molecule has 1 aliphatic heterocycles. The van der Waals surface area contributed by atoms with Gasteiger partial charge in [-0.15, -0.1) is 0 Å². The molecule has 1 saturated heterocycles. The third-order valence-electron chi connectivity index (χ3n) is 5.61. The fourth-order valence-corrected chi connectivity index (χ4v) is 4.34. The number of hydrogen-bond donors (Lipinski definition) is 2. The van der Waals surface area contributed by atoms with Gasteiger partial charge in [-0.25, -0.2) is 9.97 Å². The summed E-state index contributed by atoms with van der Waals surface area (Å²) in [6.45, 7) is 3.08. The molecule has 0 spiro atoms. The average molecular weight is 329 g/mol. The molecule has 2 N–H and O–H groups in total. The molecule has 2 aromatic heterocycles. The van der Waals surface area contributed by atoms with Crippen LogP contribution in [0.2, 0.25) is 0 Å². The Labute approximate surface area is 140 Å². The van der Waals surface area contributed by atoms with E-state index in [1.807, 2.05) is 17.2 Å². The number of aromatic amines is 1. The highest BCUT2D eigenvalue weighted by atomic mass is 16.3. The van der Waals surface area contributed by atoms with Crippen molar-refractivity contribution in [2.24, 2.45) is 11.8 Å². The largest absolute Gasteiger partial charge is 0.384 e. The van der Waals surface area contributed by atoms with E-state index in [4.69, 9.17) is 0 Å². The molecule has 128 valence electrons. The predicted molar refractivity (Wildman–Crippen MR) is 90.6 cm³/mol. The number of anilines is 1. The summed E-state index contributed by atoms with van der Waals surface area (Å²) in [5.74, 6) is 1.86. The number of rotatable bonds is 3. The number of fused-ring (bicyclic) bond motifs is 2. The molecule has 3 heterocycles. The first-order valence-corrected chi connectivity index (χ1v) is 8.52. The van der Waals surface area contributed by atoms with E-state index >= 15 is 0 Å². The summed E-state index contributed by atoms with van der Waals surface area (Å²) in [4.78, 5) is 27.9. The molecule has 24 heavy (non-hydrogen) atoms. The molecule has 0 bridgehead atoms. The molecule has 0 aromatic carbocycles. The molecular formula is C17H23N5O2. The molecule has 0 radical (unpaired) electrons. The first-order valence-electron chi connectivity index (χ1n) is 8.52. The van der Waals surface area contributed by atoms with E-state index in [2.05, 4.69) is 26.9 Å². The van der Waals surface area contributed by atoms with Crippen LogP contribution in [0, 0.1) is 11.8 Å². The number of nitrogens with zero attached hydrogens (tertiary/aromatic N) is 4. The zero-order chi connectivity index (χ0) is 16.8. The molecule has 1 aliphatic carbocycles. The molecule has 2 unspecified atom stereocenters. The third-order valence-corrected chi connectivity index (χ3v) is 5.61. The molecule has 2 aliphatic rings. The van der Waals surface area contributed by atoms with Gasteiger partial charge in [0.05, 0.1) is 5.39 Å². The zero-order valence-electron chi connectivity index (χ0n) is 14.0. The Balaban J connectivity index is 1.47. The number of carbonyl (C=O) groups is 1. The Kier molecular flexibility index (Phi) is 3.68. The second-order valence-corrected chi connectivity index (χ2v) is 7.11. The number of carbonyl (C=O) groups excluding carboxylic acids is 1. The van der Waals surface area contributed by atoms with Crippen molar-refractivity contribution in [2.45, 2.75) is 31.9 Å². The first-order chi connectivity index (χ1) is 11.5. The van der Waals surface area contributed by atoms with Gasteiger partial charge in [-0.3, -0.25) is 4.79 Å². The van der Waals surface area contributed by atoms with Crippen LogP contribution in [-0.4, -0.2) is 63.1 Å². The highest BCUT2D eigenvalue weighted by molar-refractivity contribution is 5.87. The summed E-state index contributed by atoms with van der Waals surface area (Å²) in [7, 11) is 2.10. The maximum atomic E-state index is 12.0. The van der Waals surface area contributed by atoms with E-state index in [1.165, 1.54) is 0 Å². The van der Waals surface area contributed by atoms with Crippen molar-refractivity contribution in [3.63, 3.8) is 0 Å². The highest BCUT2D eigenvalue weighted by Gasteiger charge is 2.44. The van der Waals surface area contributed by atoms with Crippen LogP contribution in [0.25, 0.3) is 11.0 Å². The van der Waals surface area contributed by atoms with Gasteiger partial charge in [0, 0.05) is 32.4 Å². The minimum Gasteiger partial charge on any atom is -0.384 e. The minimum absolute atomic E-state index is 0.140. The maximum Gasteiger partial charge on any atom is 0.251 e. The minimum atomic E-state index is -0.898. The molecule has 2 aromatic rings. The Morgan fingerprint density at radius 3 is 2.75 bits per heavy atom. The molecule has 7 nitrogen and oxygen atoms in total. The van der Waals surface area contributed by atoms with Gasteiger partial charge in [0.15, 0.2) is 0 Å². The lowest BCUT2D eigenvalue weighted by Gasteiger charge is -2.28. The lowest BCUT2D eigenvalue weighted by atomic mass is 10.0. The Bertz CT molecular complexity index is 744. The van der Waals surface area contributed by atoms with Gasteiger partial charge in [-0.2, -0.15) is 0 Å². The van der Waals surface area contributed by atoms with Crippen LogP contribution in [0.4, 0.5) is 5.82 Å². The number of hydrogen-bond acceptors (Lipinski definition) is 5. The van der Waals surface area contributed by atoms with Crippen molar-refractivity contribution in [3.05, 3.63) is 18.6 Å². The second kappa shape index (κ2) is 5.73. The van der Waals surface area contributed by atoms with Crippen LogP contribution < -0.4 is 4.90 Å². The fourth-order valence-electron chi connectivity index (χ4n) is 4.34. The standard InChI is InChI=1S/C17H23N5O2/c1-10(23)17(24)22-7-11-5-13(6-12(11)8-22)21(2)16-14-3-4-18-15(14)19-9-20-16/h3-4,9-13,23H,5-8H2,1-2H3,(H,18,19,20)/t10?,11-,12+,13?. The molecule has 4 atom stereocenters. The highest BCUT2D eigenvalue weighted by Crippen LogP contribution is 2.41. The third kappa shape index (κ3) is 2.43. The van der Waals surface area contributed by atoms with Crippen molar-refractivity contribution in [3.8, 4) is 0 Å². The van der Waals surface area contributed by atoms with Crippen molar-refractivity contribution < 1.29 is 9.90 Å². The second-order valence-electron chi connectivity index (χ2n) is 7.11. The van der Waals surface area contributed by atoms with Crippen molar-refractivity contribution in [1.29, 1.82) is 0 Å². The van der Waals surface area contributed by atoms with Gasteiger partial charge < -0.3 is 19.9 Å². The summed E-state index contributed by atoms with van der Waals surface area (Å²) in [6.07, 6.45) is 4.70. The number of aliphatic hydroxyl groups excluding tert-OH is 1. The summed E-state index contributed by atoms with van der Waals surface area (Å²) in [5, 5.41) is 10.5. The molecule has 4 rings (SSSR count). The predicted octanol–water partition coefficient (Wildman–Crippen LogP) is 1.01. The van der Waals surface area contributed by atoms with Gasteiger partial charge in [0.2, 0.25) is 0 Å². The lowest BCUT2D eigenvalue weighted by molar-refractivity contribution is -0.138. The van der Waals surface area contributed by atoms with Gasteiger partial charge in [0.25, 0.3) is 5.91 Å². The first kappa shape index (κ1) is 15.4. The summed E-state index contributed by atoms with van der Waals surface area (Å²) >= 11 is 0. The number of amides is 1. The van der Waals surface area contributed by atoms with Crippen LogP contribution in [0.1, 0.15) is 19.8 Å². The molecule has 2 fully saturated rings. The van der Waals surface area contributed by atoms with E-state index in [9.17, 15) is 9.90 Å². The Hall–Kier alpha value is -2.15. The smallest absolute Gasteiger partial charge is 0.251 e. The average Bonchev–Trinajstić information content (AvgIpc) is 3.26. The summed E-state index contributed by atoms with van der Waals surface area (Å²) in [6, 6.07) is 2.44. The van der Waals surface area contributed by atoms with Gasteiger partial charge >= 0.3 is 0 Å². The zero-order valence-corrected chi connectivity index (χ0v) is 14.0.